The van der Waals surface area contributed by atoms with Crippen LogP contribution in [-0.4, -0.2) is 32.5 Å². The quantitative estimate of drug-likeness (QED) is 0.796. The van der Waals surface area contributed by atoms with Crippen LogP contribution in [-0.2, 0) is 16.0 Å². The van der Waals surface area contributed by atoms with Crippen molar-refractivity contribution in [2.45, 2.75) is 33.1 Å². The van der Waals surface area contributed by atoms with Gasteiger partial charge in [-0.3, -0.25) is 4.79 Å². The van der Waals surface area contributed by atoms with Crippen molar-refractivity contribution in [3.8, 4) is 11.5 Å². The summed E-state index contributed by atoms with van der Waals surface area (Å²) in [7, 11) is 3.20. The lowest BCUT2D eigenvalue weighted by Gasteiger charge is -2.13. The van der Waals surface area contributed by atoms with E-state index in [1.54, 1.807) is 14.2 Å². The molecular weight excluding hydrogens is 270 g/mol. The van der Waals surface area contributed by atoms with E-state index in [2.05, 4.69) is 5.32 Å². The number of aryl methyl sites for hydroxylation is 1. The number of methoxy groups -OCH3 is 2. The van der Waals surface area contributed by atoms with Crippen molar-refractivity contribution in [3.63, 3.8) is 0 Å². The summed E-state index contributed by atoms with van der Waals surface area (Å²) in [4.78, 5) is 22.4. The fourth-order valence-electron chi connectivity index (χ4n) is 2.01. The Kier molecular flexibility index (Phi) is 6.72. The summed E-state index contributed by atoms with van der Waals surface area (Å²) in [6, 6.07) is 3.85. The molecule has 1 aromatic carbocycles. The zero-order chi connectivity index (χ0) is 15.8. The first-order valence-corrected chi connectivity index (χ1v) is 6.95. The van der Waals surface area contributed by atoms with Gasteiger partial charge in [-0.2, -0.15) is 0 Å². The lowest BCUT2D eigenvalue weighted by molar-refractivity contribution is -0.124. The maximum absolute atomic E-state index is 11.5. The molecule has 21 heavy (non-hydrogen) atoms. The number of ketones is 1. The minimum absolute atomic E-state index is 0.0286. The molecule has 5 heteroatoms. The maximum Gasteiger partial charge on any atom is 0.220 e. The molecule has 0 saturated heterocycles. The summed E-state index contributed by atoms with van der Waals surface area (Å²) in [5.41, 5.74) is 2.19. The number of hydrogen-bond donors (Lipinski definition) is 1. The fraction of sp³-hybridized carbons (Fsp3) is 0.500. The van der Waals surface area contributed by atoms with Gasteiger partial charge < -0.3 is 19.6 Å². The third kappa shape index (κ3) is 5.45. The number of nitrogens with one attached hydrogen (secondary N) is 1. The molecule has 1 aromatic rings. The Morgan fingerprint density at radius 2 is 1.71 bits per heavy atom. The number of hydrogen-bond acceptors (Lipinski definition) is 4. The summed E-state index contributed by atoms with van der Waals surface area (Å²) in [6.45, 7) is 4.02. The number of amides is 1. The van der Waals surface area contributed by atoms with Gasteiger partial charge in [0, 0.05) is 19.4 Å². The molecule has 0 saturated carbocycles. The topological polar surface area (TPSA) is 64.6 Å². The number of rotatable bonds is 8. The first kappa shape index (κ1) is 17.0. The molecule has 0 atom stereocenters. The second-order valence-electron chi connectivity index (χ2n) is 4.94. The van der Waals surface area contributed by atoms with Crippen LogP contribution in [0.5, 0.6) is 11.5 Å². The monoisotopic (exact) mass is 293 g/mol. The molecule has 0 bridgehead atoms. The van der Waals surface area contributed by atoms with E-state index in [-0.39, 0.29) is 18.1 Å². The van der Waals surface area contributed by atoms with Crippen molar-refractivity contribution in [1.82, 2.24) is 5.32 Å². The number of carbonyl (C=O) groups is 2. The predicted molar refractivity (Wildman–Crippen MR) is 80.9 cm³/mol. The summed E-state index contributed by atoms with van der Waals surface area (Å²) >= 11 is 0. The van der Waals surface area contributed by atoms with Crippen LogP contribution in [0.3, 0.4) is 0 Å². The third-order valence-corrected chi connectivity index (χ3v) is 3.26. The van der Waals surface area contributed by atoms with Gasteiger partial charge in [-0.25, -0.2) is 0 Å². The van der Waals surface area contributed by atoms with Crippen molar-refractivity contribution in [2.24, 2.45) is 0 Å². The highest BCUT2D eigenvalue weighted by Gasteiger charge is 2.09. The van der Waals surface area contributed by atoms with Gasteiger partial charge in [-0.15, -0.1) is 0 Å². The van der Waals surface area contributed by atoms with E-state index in [4.69, 9.17) is 9.47 Å². The van der Waals surface area contributed by atoms with Gasteiger partial charge in [-0.05, 0) is 43.5 Å². The minimum atomic E-state index is -0.0941. The van der Waals surface area contributed by atoms with Gasteiger partial charge in [-0.1, -0.05) is 0 Å². The highest BCUT2D eigenvalue weighted by Crippen LogP contribution is 2.30. The van der Waals surface area contributed by atoms with E-state index in [0.717, 1.165) is 11.1 Å². The Hall–Kier alpha value is -2.04. The highest BCUT2D eigenvalue weighted by atomic mass is 16.5. The van der Waals surface area contributed by atoms with Crippen LogP contribution in [0, 0.1) is 6.92 Å². The molecule has 116 valence electrons. The zero-order valence-corrected chi connectivity index (χ0v) is 13.1. The second-order valence-corrected chi connectivity index (χ2v) is 4.94. The highest BCUT2D eigenvalue weighted by molar-refractivity contribution is 5.83. The lowest BCUT2D eigenvalue weighted by atomic mass is 10.0. The normalized spacial score (nSPS) is 10.1. The number of ether oxygens (including phenoxy) is 2. The Balaban J connectivity index is 2.55. The smallest absolute Gasteiger partial charge is 0.220 e. The first-order chi connectivity index (χ1) is 9.97. The van der Waals surface area contributed by atoms with Crippen molar-refractivity contribution in [3.05, 3.63) is 23.3 Å². The average Bonchev–Trinajstić information content (AvgIpc) is 2.46. The Bertz CT molecular complexity index is 511. The SMILES string of the molecule is COc1cc(C)c(CCNC(=O)CCC(C)=O)cc1OC. The first-order valence-electron chi connectivity index (χ1n) is 6.95. The summed E-state index contributed by atoms with van der Waals surface area (Å²) in [5, 5.41) is 2.82. The molecule has 0 unspecified atom stereocenters. The largest absolute Gasteiger partial charge is 0.493 e. The Morgan fingerprint density at radius 1 is 1.10 bits per heavy atom. The fourth-order valence-corrected chi connectivity index (χ4v) is 2.01. The van der Waals surface area contributed by atoms with Crippen LogP contribution in [0.25, 0.3) is 0 Å². The standard InChI is InChI=1S/C16H23NO4/c1-11-9-14(20-3)15(21-4)10-13(11)7-8-17-16(19)6-5-12(2)18/h9-10H,5-8H2,1-4H3,(H,17,19). The van der Waals surface area contributed by atoms with Gasteiger partial charge in [0.05, 0.1) is 14.2 Å². The van der Waals surface area contributed by atoms with Gasteiger partial charge in [0.2, 0.25) is 5.91 Å². The molecule has 0 aliphatic carbocycles. The number of Topliss-reactive ketones (excluding diaryl/α,β-unsaturated/α-hetero) is 1. The molecule has 1 N–H and O–H groups in total. The Morgan fingerprint density at radius 3 is 2.29 bits per heavy atom. The molecular formula is C16H23NO4. The summed E-state index contributed by atoms with van der Waals surface area (Å²) < 4.78 is 10.5. The predicted octanol–water partition coefficient (Wildman–Crippen LogP) is 2.04. The number of carbonyl (C=O) groups excluding carboxylic acids is 2. The van der Waals surface area contributed by atoms with E-state index in [0.29, 0.717) is 30.9 Å². The molecule has 0 fully saturated rings. The van der Waals surface area contributed by atoms with Crippen molar-refractivity contribution >= 4 is 11.7 Å². The Labute approximate surface area is 125 Å². The minimum Gasteiger partial charge on any atom is -0.493 e. The van der Waals surface area contributed by atoms with Gasteiger partial charge in [0.1, 0.15) is 5.78 Å². The van der Waals surface area contributed by atoms with Gasteiger partial charge >= 0.3 is 0 Å². The van der Waals surface area contributed by atoms with Crippen molar-refractivity contribution < 1.29 is 19.1 Å². The molecule has 0 aliphatic heterocycles. The van der Waals surface area contributed by atoms with Crippen molar-refractivity contribution in [1.29, 1.82) is 0 Å². The molecule has 0 aromatic heterocycles. The van der Waals surface area contributed by atoms with E-state index in [1.807, 2.05) is 19.1 Å². The molecule has 0 heterocycles. The van der Waals surface area contributed by atoms with Crippen LogP contribution in [0.4, 0.5) is 0 Å². The average molecular weight is 293 g/mol. The third-order valence-electron chi connectivity index (χ3n) is 3.26. The van der Waals surface area contributed by atoms with Crippen LogP contribution in [0.1, 0.15) is 30.9 Å². The summed E-state index contributed by atoms with van der Waals surface area (Å²) in [6.07, 6.45) is 1.25. The molecule has 0 spiro atoms. The second kappa shape index (κ2) is 8.29. The van der Waals surface area contributed by atoms with Crippen LogP contribution < -0.4 is 14.8 Å². The number of benzene rings is 1. The van der Waals surface area contributed by atoms with Gasteiger partial charge in [0.25, 0.3) is 0 Å². The van der Waals surface area contributed by atoms with Crippen LogP contribution >= 0.6 is 0 Å². The molecule has 0 radical (unpaired) electrons. The van der Waals surface area contributed by atoms with Crippen LogP contribution in [0.2, 0.25) is 0 Å². The van der Waals surface area contributed by atoms with E-state index >= 15 is 0 Å². The zero-order valence-electron chi connectivity index (χ0n) is 13.1. The van der Waals surface area contributed by atoms with E-state index < -0.39 is 0 Å². The summed E-state index contributed by atoms with van der Waals surface area (Å²) in [5.74, 6) is 1.31. The van der Waals surface area contributed by atoms with E-state index in [9.17, 15) is 9.59 Å². The van der Waals surface area contributed by atoms with Crippen molar-refractivity contribution in [2.75, 3.05) is 20.8 Å². The maximum atomic E-state index is 11.5. The van der Waals surface area contributed by atoms with E-state index in [1.165, 1.54) is 6.92 Å². The van der Waals surface area contributed by atoms with Crippen LogP contribution in [0.15, 0.2) is 12.1 Å². The lowest BCUT2D eigenvalue weighted by Crippen LogP contribution is -2.26. The molecule has 0 aliphatic rings. The molecule has 1 rings (SSSR count). The van der Waals surface area contributed by atoms with Gasteiger partial charge in [0.15, 0.2) is 11.5 Å². The molecule has 1 amide bonds. The molecule has 5 nitrogen and oxygen atoms in total.